The van der Waals surface area contributed by atoms with Crippen LogP contribution in [0, 0.1) is 5.92 Å². The molecule has 0 aliphatic carbocycles. The topological polar surface area (TPSA) is 29.8 Å². The summed E-state index contributed by atoms with van der Waals surface area (Å²) < 4.78 is 5.32. The van der Waals surface area contributed by atoms with Crippen LogP contribution in [0.2, 0.25) is 0 Å². The van der Waals surface area contributed by atoms with E-state index in [1.165, 1.54) is 0 Å². The van der Waals surface area contributed by atoms with E-state index in [0.29, 0.717) is 11.5 Å². The van der Waals surface area contributed by atoms with E-state index in [1.54, 1.807) is 6.26 Å². The molecule has 1 aromatic heterocycles. The van der Waals surface area contributed by atoms with Gasteiger partial charge in [-0.05, 0) is 32.9 Å². The number of nitrogens with two attached hydrogens (primary N) is 1. The lowest BCUT2D eigenvalue weighted by atomic mass is 10.0. The Labute approximate surface area is 110 Å². The first-order valence-electron chi connectivity index (χ1n) is 5.34. The third kappa shape index (κ3) is 6.95. The third-order valence-corrected chi connectivity index (χ3v) is 2.26. The molecule has 1 atom stereocenters. The van der Waals surface area contributed by atoms with Gasteiger partial charge in [-0.3, -0.25) is 0 Å². The van der Waals surface area contributed by atoms with Gasteiger partial charge in [0.25, 0.3) is 0 Å². The van der Waals surface area contributed by atoms with Gasteiger partial charge in [0, 0.05) is 12.3 Å². The molecule has 0 aliphatic rings. The molecule has 0 aromatic carbocycles. The van der Waals surface area contributed by atoms with E-state index in [9.17, 15) is 0 Å². The molecule has 0 radical (unpaired) electrons. The number of quaternary nitrogens is 1. The lowest BCUT2D eigenvalue weighted by Gasteiger charge is -2.19. The van der Waals surface area contributed by atoms with Gasteiger partial charge in [0.1, 0.15) is 5.76 Å². The molecule has 0 aliphatic heterocycles. The van der Waals surface area contributed by atoms with Crippen molar-refractivity contribution in [1.29, 1.82) is 0 Å². The van der Waals surface area contributed by atoms with Crippen molar-refractivity contribution in [2.24, 2.45) is 5.92 Å². The Morgan fingerprint density at radius 3 is 2.53 bits per heavy atom. The monoisotopic (exact) mass is 323 g/mol. The van der Waals surface area contributed by atoms with E-state index in [4.69, 9.17) is 4.42 Å². The Balaban J connectivity index is 0.00000196. The van der Waals surface area contributed by atoms with Gasteiger partial charge in [-0.1, -0.05) is 6.92 Å². The SMILES string of the molecule is CC(C[NH2+]C(C)(C)C)Cc1ccco1.[I-]. The number of hydrogen-bond donors (Lipinski definition) is 1. The van der Waals surface area contributed by atoms with Crippen molar-refractivity contribution in [3.63, 3.8) is 0 Å². The normalized spacial score (nSPS) is 13.3. The smallest absolute Gasteiger partial charge is 0.104 e. The van der Waals surface area contributed by atoms with Gasteiger partial charge >= 0.3 is 0 Å². The summed E-state index contributed by atoms with van der Waals surface area (Å²) >= 11 is 0. The van der Waals surface area contributed by atoms with Gasteiger partial charge in [-0.25, -0.2) is 0 Å². The second-order valence-corrected chi connectivity index (χ2v) is 5.19. The standard InChI is InChI=1S/C12H21NO.HI/c1-10(9-13-12(2,3)4)8-11-6-5-7-14-11;/h5-7,10,13H,8-9H2,1-4H3;1H. The van der Waals surface area contributed by atoms with E-state index in [2.05, 4.69) is 33.0 Å². The van der Waals surface area contributed by atoms with Crippen LogP contribution >= 0.6 is 0 Å². The van der Waals surface area contributed by atoms with Crippen LogP contribution in [0.1, 0.15) is 33.5 Å². The predicted octanol–water partition coefficient (Wildman–Crippen LogP) is -1.18. The van der Waals surface area contributed by atoms with Gasteiger partial charge in [-0.2, -0.15) is 0 Å². The van der Waals surface area contributed by atoms with Crippen molar-refractivity contribution in [3.05, 3.63) is 24.2 Å². The average molecular weight is 323 g/mol. The minimum Gasteiger partial charge on any atom is -1.00 e. The first-order chi connectivity index (χ1) is 6.47. The van der Waals surface area contributed by atoms with Crippen LogP contribution in [-0.2, 0) is 6.42 Å². The van der Waals surface area contributed by atoms with E-state index < -0.39 is 0 Å². The molecule has 1 heterocycles. The quantitative estimate of drug-likeness (QED) is 0.695. The minimum absolute atomic E-state index is 0. The van der Waals surface area contributed by atoms with Crippen LogP contribution < -0.4 is 29.3 Å². The second-order valence-electron chi connectivity index (χ2n) is 5.19. The van der Waals surface area contributed by atoms with Crippen LogP contribution in [-0.4, -0.2) is 12.1 Å². The van der Waals surface area contributed by atoms with Gasteiger partial charge in [0.05, 0.1) is 18.3 Å². The van der Waals surface area contributed by atoms with Gasteiger partial charge in [-0.15, -0.1) is 0 Å². The van der Waals surface area contributed by atoms with Crippen molar-refractivity contribution in [1.82, 2.24) is 0 Å². The lowest BCUT2D eigenvalue weighted by Crippen LogP contribution is -3.00. The molecule has 0 amide bonds. The molecule has 2 N–H and O–H groups in total. The van der Waals surface area contributed by atoms with E-state index in [0.717, 1.165) is 18.7 Å². The summed E-state index contributed by atoms with van der Waals surface area (Å²) in [5.74, 6) is 1.76. The van der Waals surface area contributed by atoms with Crippen LogP contribution in [0.4, 0.5) is 0 Å². The zero-order valence-corrected chi connectivity index (χ0v) is 12.2. The zero-order chi connectivity index (χ0) is 10.6. The van der Waals surface area contributed by atoms with Crippen LogP contribution in [0.15, 0.2) is 22.8 Å². The number of hydrogen-bond acceptors (Lipinski definition) is 1. The Morgan fingerprint density at radius 1 is 1.40 bits per heavy atom. The molecule has 1 rings (SSSR count). The number of rotatable bonds is 4. The molecule has 1 aromatic rings. The number of furan rings is 1. The number of halogens is 1. The maximum atomic E-state index is 5.32. The second kappa shape index (κ2) is 6.53. The summed E-state index contributed by atoms with van der Waals surface area (Å²) in [5.41, 5.74) is 0.331. The molecule has 0 saturated heterocycles. The predicted molar refractivity (Wildman–Crippen MR) is 58.1 cm³/mol. The molecule has 0 fully saturated rings. The highest BCUT2D eigenvalue weighted by Gasteiger charge is 2.15. The fraction of sp³-hybridized carbons (Fsp3) is 0.667. The summed E-state index contributed by atoms with van der Waals surface area (Å²) in [7, 11) is 0. The fourth-order valence-electron chi connectivity index (χ4n) is 1.41. The third-order valence-electron chi connectivity index (χ3n) is 2.26. The molecular weight excluding hydrogens is 301 g/mol. The summed E-state index contributed by atoms with van der Waals surface area (Å²) in [6, 6.07) is 4.00. The molecule has 0 saturated carbocycles. The first-order valence-corrected chi connectivity index (χ1v) is 5.34. The Morgan fingerprint density at radius 2 is 2.07 bits per heavy atom. The van der Waals surface area contributed by atoms with Crippen molar-refractivity contribution < 1.29 is 33.7 Å². The zero-order valence-electron chi connectivity index (χ0n) is 10.1. The molecular formula is C12H22INO. The van der Waals surface area contributed by atoms with Gasteiger partial charge in [0.2, 0.25) is 0 Å². The van der Waals surface area contributed by atoms with E-state index in [1.807, 2.05) is 12.1 Å². The molecule has 3 heteroatoms. The average Bonchev–Trinajstić information content (AvgIpc) is 2.52. The van der Waals surface area contributed by atoms with Crippen molar-refractivity contribution >= 4 is 0 Å². The molecule has 15 heavy (non-hydrogen) atoms. The summed E-state index contributed by atoms with van der Waals surface area (Å²) in [5, 5.41) is 2.39. The summed E-state index contributed by atoms with van der Waals surface area (Å²) in [6.07, 6.45) is 2.79. The highest BCUT2D eigenvalue weighted by Crippen LogP contribution is 2.07. The Bertz CT molecular complexity index is 251. The molecule has 1 unspecified atom stereocenters. The van der Waals surface area contributed by atoms with Crippen molar-refractivity contribution in [3.8, 4) is 0 Å². The highest BCUT2D eigenvalue weighted by atomic mass is 127. The summed E-state index contributed by atoms with van der Waals surface area (Å²) in [6.45, 7) is 10.2. The molecule has 0 spiro atoms. The van der Waals surface area contributed by atoms with Gasteiger partial charge in [0.15, 0.2) is 0 Å². The highest BCUT2D eigenvalue weighted by molar-refractivity contribution is 4.98. The maximum Gasteiger partial charge on any atom is 0.104 e. The maximum absolute atomic E-state index is 5.32. The van der Waals surface area contributed by atoms with Crippen LogP contribution in [0.3, 0.4) is 0 Å². The summed E-state index contributed by atoms with van der Waals surface area (Å²) in [4.78, 5) is 0. The Kier molecular flexibility index (Phi) is 6.52. The lowest BCUT2D eigenvalue weighted by molar-refractivity contribution is -0.721. The molecule has 0 bridgehead atoms. The first kappa shape index (κ1) is 15.0. The minimum atomic E-state index is 0. The largest absolute Gasteiger partial charge is 1.00 e. The van der Waals surface area contributed by atoms with E-state index >= 15 is 0 Å². The van der Waals surface area contributed by atoms with Crippen molar-refractivity contribution in [2.75, 3.05) is 6.54 Å². The van der Waals surface area contributed by atoms with Crippen LogP contribution in [0.5, 0.6) is 0 Å². The molecule has 88 valence electrons. The molecule has 2 nitrogen and oxygen atoms in total. The Hall–Kier alpha value is -0.0300. The van der Waals surface area contributed by atoms with Crippen LogP contribution in [0.25, 0.3) is 0 Å². The fourth-order valence-corrected chi connectivity index (χ4v) is 1.41. The van der Waals surface area contributed by atoms with Crippen molar-refractivity contribution in [2.45, 2.75) is 39.7 Å². The van der Waals surface area contributed by atoms with E-state index in [-0.39, 0.29) is 24.0 Å². The van der Waals surface area contributed by atoms with Gasteiger partial charge < -0.3 is 33.7 Å².